The maximum absolute atomic E-state index is 12.8. The molecule has 1 fully saturated rings. The van der Waals surface area contributed by atoms with Gasteiger partial charge in [-0.3, -0.25) is 14.3 Å². The van der Waals surface area contributed by atoms with E-state index in [4.69, 9.17) is 4.74 Å². The zero-order valence-electron chi connectivity index (χ0n) is 18.6. The first-order valence-electron chi connectivity index (χ1n) is 10.7. The van der Waals surface area contributed by atoms with Gasteiger partial charge >= 0.3 is 6.18 Å². The molecule has 9 nitrogen and oxygen atoms in total. The molecule has 0 saturated carbocycles. The number of halogens is 3. The summed E-state index contributed by atoms with van der Waals surface area (Å²) in [5.41, 5.74) is 1.79. The summed E-state index contributed by atoms with van der Waals surface area (Å²) in [5, 5.41) is 7.93. The Morgan fingerprint density at radius 3 is 2.79 bits per heavy atom. The van der Waals surface area contributed by atoms with E-state index in [2.05, 4.69) is 20.4 Å². The number of ether oxygens (including phenoxy) is 1. The molecule has 1 saturated heterocycles. The van der Waals surface area contributed by atoms with Crippen molar-refractivity contribution in [3.8, 4) is 5.88 Å². The van der Waals surface area contributed by atoms with E-state index in [-0.39, 0.29) is 17.7 Å². The summed E-state index contributed by atoms with van der Waals surface area (Å²) in [6, 6.07) is 2.86. The van der Waals surface area contributed by atoms with E-state index in [9.17, 15) is 22.8 Å². The summed E-state index contributed by atoms with van der Waals surface area (Å²) >= 11 is 0. The van der Waals surface area contributed by atoms with Crippen LogP contribution in [0.5, 0.6) is 5.88 Å². The predicted molar refractivity (Wildman–Crippen MR) is 116 cm³/mol. The average molecular weight is 476 g/mol. The lowest BCUT2D eigenvalue weighted by atomic mass is 10.2. The van der Waals surface area contributed by atoms with E-state index in [1.54, 1.807) is 34.8 Å². The van der Waals surface area contributed by atoms with Crippen molar-refractivity contribution in [2.24, 2.45) is 0 Å². The van der Waals surface area contributed by atoms with Crippen molar-refractivity contribution >= 4 is 28.5 Å². The summed E-state index contributed by atoms with van der Waals surface area (Å²) in [6.45, 7) is 2.51. The summed E-state index contributed by atoms with van der Waals surface area (Å²) in [6.07, 6.45) is 1.61. The second kappa shape index (κ2) is 9.27. The molecule has 0 radical (unpaired) electrons. The van der Waals surface area contributed by atoms with Crippen LogP contribution in [0.25, 0.3) is 10.9 Å². The van der Waals surface area contributed by atoms with Crippen LogP contribution in [0.15, 0.2) is 30.7 Å². The monoisotopic (exact) mass is 476 g/mol. The SMILES string of the molecule is CC(=O)N1CCC[C@H]1C(=O)Nc1nccc2nn(Cc3cnc(OCC(F)(F)F)c(C)c3)cc12. The minimum atomic E-state index is -4.44. The van der Waals surface area contributed by atoms with Crippen molar-refractivity contribution < 1.29 is 27.5 Å². The van der Waals surface area contributed by atoms with E-state index >= 15 is 0 Å². The first-order valence-corrected chi connectivity index (χ1v) is 10.7. The van der Waals surface area contributed by atoms with E-state index < -0.39 is 18.8 Å². The van der Waals surface area contributed by atoms with Gasteiger partial charge in [-0.05, 0) is 37.5 Å². The summed E-state index contributed by atoms with van der Waals surface area (Å²) < 4.78 is 43.5. The Bertz CT molecular complexity index is 1230. The van der Waals surface area contributed by atoms with Crippen LogP contribution < -0.4 is 10.1 Å². The highest BCUT2D eigenvalue weighted by Gasteiger charge is 2.33. The third-order valence-corrected chi connectivity index (χ3v) is 5.49. The standard InChI is InChI=1S/C22H23F3N6O3/c1-13-8-15(9-27-21(13)34-12-22(23,24)25)10-30-11-16-17(29-30)5-6-26-19(16)28-20(33)18-4-3-7-31(18)14(2)32/h5-6,8-9,11,18H,3-4,7,10,12H2,1-2H3,(H,26,28,33)/t18-/m0/s1. The van der Waals surface area contributed by atoms with Crippen molar-refractivity contribution in [2.45, 2.75) is 45.5 Å². The Balaban J connectivity index is 1.49. The number of nitrogens with zero attached hydrogens (tertiary/aromatic N) is 5. The number of pyridine rings is 2. The zero-order valence-corrected chi connectivity index (χ0v) is 18.6. The lowest BCUT2D eigenvalue weighted by Crippen LogP contribution is -2.42. The van der Waals surface area contributed by atoms with Gasteiger partial charge in [0.25, 0.3) is 0 Å². The summed E-state index contributed by atoms with van der Waals surface area (Å²) in [4.78, 5) is 34.4. The van der Waals surface area contributed by atoms with Crippen LogP contribution >= 0.6 is 0 Å². The van der Waals surface area contributed by atoms with Gasteiger partial charge in [0.15, 0.2) is 6.61 Å². The highest BCUT2D eigenvalue weighted by Crippen LogP contribution is 2.24. The lowest BCUT2D eigenvalue weighted by molar-refractivity contribution is -0.154. The van der Waals surface area contributed by atoms with Crippen molar-refractivity contribution in [3.63, 3.8) is 0 Å². The molecule has 4 rings (SSSR count). The smallest absolute Gasteiger partial charge is 0.422 e. The minimum Gasteiger partial charge on any atom is -0.468 e. The van der Waals surface area contributed by atoms with E-state index in [0.717, 1.165) is 6.42 Å². The van der Waals surface area contributed by atoms with Crippen LogP contribution in [-0.2, 0) is 16.1 Å². The largest absolute Gasteiger partial charge is 0.468 e. The quantitative estimate of drug-likeness (QED) is 0.587. The Kier molecular flexibility index (Phi) is 6.40. The third-order valence-electron chi connectivity index (χ3n) is 5.49. The molecule has 0 aromatic carbocycles. The molecule has 0 aliphatic carbocycles. The number of aromatic nitrogens is 4. The van der Waals surface area contributed by atoms with Gasteiger partial charge in [-0.1, -0.05) is 0 Å². The third kappa shape index (κ3) is 5.26. The number of hydrogen-bond acceptors (Lipinski definition) is 6. The second-order valence-electron chi connectivity index (χ2n) is 8.15. The summed E-state index contributed by atoms with van der Waals surface area (Å²) in [7, 11) is 0. The highest BCUT2D eigenvalue weighted by molar-refractivity contribution is 6.02. The minimum absolute atomic E-state index is 0.0765. The predicted octanol–water partition coefficient (Wildman–Crippen LogP) is 3.07. The molecule has 1 N–H and O–H groups in total. The van der Waals surface area contributed by atoms with Gasteiger partial charge < -0.3 is 15.0 Å². The fraction of sp³-hybridized carbons (Fsp3) is 0.409. The van der Waals surface area contributed by atoms with Crippen LogP contribution in [0.1, 0.15) is 30.9 Å². The van der Waals surface area contributed by atoms with Gasteiger partial charge in [0, 0.05) is 37.6 Å². The Morgan fingerprint density at radius 1 is 1.29 bits per heavy atom. The van der Waals surface area contributed by atoms with Gasteiger partial charge in [0.2, 0.25) is 17.7 Å². The number of amides is 2. The molecule has 1 aliphatic rings. The molecule has 2 amide bonds. The van der Waals surface area contributed by atoms with Crippen LogP contribution in [0, 0.1) is 6.92 Å². The number of carbonyl (C=O) groups is 2. The van der Waals surface area contributed by atoms with E-state index in [1.807, 2.05) is 0 Å². The number of hydrogen-bond donors (Lipinski definition) is 1. The first kappa shape index (κ1) is 23.5. The van der Waals surface area contributed by atoms with Gasteiger partial charge in [-0.15, -0.1) is 0 Å². The molecule has 1 atom stereocenters. The molecule has 34 heavy (non-hydrogen) atoms. The van der Waals surface area contributed by atoms with Crippen LogP contribution in [0.3, 0.4) is 0 Å². The Hall–Kier alpha value is -3.70. The van der Waals surface area contributed by atoms with Crippen molar-refractivity contribution in [1.82, 2.24) is 24.6 Å². The molecule has 0 bridgehead atoms. The fourth-order valence-electron chi connectivity index (χ4n) is 3.99. The molecule has 0 spiro atoms. The average Bonchev–Trinajstić information content (AvgIpc) is 3.40. The van der Waals surface area contributed by atoms with Crippen LogP contribution in [0.2, 0.25) is 0 Å². The van der Waals surface area contributed by atoms with Gasteiger partial charge in [-0.2, -0.15) is 18.3 Å². The molecule has 3 aromatic rings. The topological polar surface area (TPSA) is 102 Å². The fourth-order valence-corrected chi connectivity index (χ4v) is 3.99. The van der Waals surface area contributed by atoms with E-state index in [1.165, 1.54) is 19.3 Å². The number of nitrogens with one attached hydrogen (secondary N) is 1. The number of rotatable bonds is 6. The number of alkyl halides is 3. The zero-order chi connectivity index (χ0) is 24.5. The van der Waals surface area contributed by atoms with Gasteiger partial charge in [-0.25, -0.2) is 9.97 Å². The maximum atomic E-state index is 12.8. The number of aryl methyl sites for hydroxylation is 1. The second-order valence-corrected chi connectivity index (χ2v) is 8.15. The van der Waals surface area contributed by atoms with Crippen molar-refractivity contribution in [3.05, 3.63) is 41.9 Å². The van der Waals surface area contributed by atoms with Gasteiger partial charge in [0.05, 0.1) is 17.4 Å². The molecule has 3 aromatic heterocycles. The molecule has 0 unspecified atom stereocenters. The van der Waals surface area contributed by atoms with Crippen molar-refractivity contribution in [1.29, 1.82) is 0 Å². The van der Waals surface area contributed by atoms with E-state index in [0.29, 0.717) is 47.4 Å². The van der Waals surface area contributed by atoms with Crippen LogP contribution in [-0.4, -0.2) is 61.8 Å². The maximum Gasteiger partial charge on any atom is 0.422 e. The Labute approximate surface area is 192 Å². The lowest BCUT2D eigenvalue weighted by Gasteiger charge is -2.22. The first-order chi connectivity index (χ1) is 16.1. The molecular formula is C22H23F3N6O3. The molecule has 12 heteroatoms. The normalized spacial score (nSPS) is 16.1. The number of fused-ring (bicyclic) bond motifs is 1. The number of likely N-dealkylation sites (tertiary alicyclic amines) is 1. The number of carbonyl (C=O) groups excluding carboxylic acids is 2. The van der Waals surface area contributed by atoms with Gasteiger partial charge in [0.1, 0.15) is 11.9 Å². The summed E-state index contributed by atoms with van der Waals surface area (Å²) in [5.74, 6) is -0.174. The molecule has 180 valence electrons. The molecular weight excluding hydrogens is 453 g/mol. The Morgan fingerprint density at radius 2 is 2.09 bits per heavy atom. The molecule has 4 heterocycles. The van der Waals surface area contributed by atoms with Crippen LogP contribution in [0.4, 0.5) is 19.0 Å². The number of anilines is 1. The molecule has 1 aliphatic heterocycles. The highest BCUT2D eigenvalue weighted by atomic mass is 19.4. The van der Waals surface area contributed by atoms with Crippen molar-refractivity contribution in [2.75, 3.05) is 18.5 Å².